The predicted octanol–water partition coefficient (Wildman–Crippen LogP) is 0.00610. The van der Waals surface area contributed by atoms with Crippen molar-refractivity contribution < 1.29 is 16.8 Å². The van der Waals surface area contributed by atoms with Crippen LogP contribution in [0.25, 0.3) is 0 Å². The van der Waals surface area contributed by atoms with Crippen molar-refractivity contribution in [3.05, 3.63) is 0 Å². The minimum absolute atomic E-state index is 0.458. The molecule has 0 radical (unpaired) electrons. The fourth-order valence-electron chi connectivity index (χ4n) is 1.05. The van der Waals surface area contributed by atoms with Gasteiger partial charge in [0.05, 0.1) is 12.5 Å². The molecule has 0 saturated heterocycles. The molecular weight excluding hydrogens is 214 g/mol. The molecule has 0 N–H and O–H groups in total. The second-order valence-corrected chi connectivity index (χ2v) is 6.96. The first-order valence-corrected chi connectivity index (χ1v) is 7.50. The molecule has 13 heavy (non-hydrogen) atoms. The van der Waals surface area contributed by atoms with Gasteiger partial charge in [-0.2, -0.15) is 0 Å². The van der Waals surface area contributed by atoms with Crippen molar-refractivity contribution in [2.75, 3.05) is 12.5 Å². The molecule has 80 valence electrons. The maximum absolute atomic E-state index is 11.1. The van der Waals surface area contributed by atoms with Gasteiger partial charge in [0.2, 0.25) is 20.0 Å². The van der Waals surface area contributed by atoms with Gasteiger partial charge in [0.1, 0.15) is 0 Å². The molecule has 0 aliphatic heterocycles. The molecule has 1 unspecified atom stereocenters. The summed E-state index contributed by atoms with van der Waals surface area (Å²) in [4.78, 5) is 0. The lowest BCUT2D eigenvalue weighted by atomic mass is 10.3. The molecule has 0 saturated carbocycles. The summed E-state index contributed by atoms with van der Waals surface area (Å²) in [5, 5.41) is 0. The summed E-state index contributed by atoms with van der Waals surface area (Å²) in [7, 11) is -7.38. The van der Waals surface area contributed by atoms with E-state index in [-0.39, 0.29) is 0 Å². The number of rotatable bonds is 4. The van der Waals surface area contributed by atoms with Crippen molar-refractivity contribution in [2.24, 2.45) is 0 Å². The molecule has 0 bridgehead atoms. The Morgan fingerprint density at radius 3 is 1.46 bits per heavy atom. The Balaban J connectivity index is 5.27. The summed E-state index contributed by atoms with van der Waals surface area (Å²) in [6.45, 7) is 3.29. The van der Waals surface area contributed by atoms with E-state index in [1.165, 1.54) is 0 Å². The summed E-state index contributed by atoms with van der Waals surface area (Å²) in [6, 6.07) is -0.523. The fraction of sp³-hybridized carbons (Fsp3) is 1.00. The highest BCUT2D eigenvalue weighted by Gasteiger charge is 2.30. The quantitative estimate of drug-likeness (QED) is 0.680. The third kappa shape index (κ3) is 3.61. The molecular formula is C6H15NO4S2. The lowest BCUT2D eigenvalue weighted by Crippen LogP contribution is -2.41. The van der Waals surface area contributed by atoms with Crippen LogP contribution in [0.15, 0.2) is 0 Å². The summed E-state index contributed by atoms with van der Waals surface area (Å²) >= 11 is 0. The minimum Gasteiger partial charge on any atom is -0.212 e. The van der Waals surface area contributed by atoms with Crippen molar-refractivity contribution in [1.29, 1.82) is 0 Å². The number of hydrogen-bond acceptors (Lipinski definition) is 4. The summed E-state index contributed by atoms with van der Waals surface area (Å²) in [5.41, 5.74) is 0. The monoisotopic (exact) mass is 229 g/mol. The Kier molecular flexibility index (Phi) is 3.89. The van der Waals surface area contributed by atoms with Gasteiger partial charge >= 0.3 is 0 Å². The van der Waals surface area contributed by atoms with Gasteiger partial charge in [-0.05, 0) is 13.3 Å². The lowest BCUT2D eigenvalue weighted by molar-refractivity contribution is 0.437. The minimum atomic E-state index is -3.69. The molecule has 0 rings (SSSR count). The smallest absolute Gasteiger partial charge is 0.212 e. The topological polar surface area (TPSA) is 71.5 Å². The van der Waals surface area contributed by atoms with Crippen LogP contribution in [0.3, 0.4) is 0 Å². The first-order chi connectivity index (χ1) is 5.60. The van der Waals surface area contributed by atoms with E-state index >= 15 is 0 Å². The average molecular weight is 229 g/mol. The highest BCUT2D eigenvalue weighted by molar-refractivity contribution is 8.03. The van der Waals surface area contributed by atoms with Crippen LogP contribution < -0.4 is 0 Å². The Morgan fingerprint density at radius 2 is 1.38 bits per heavy atom. The van der Waals surface area contributed by atoms with E-state index in [1.54, 1.807) is 13.8 Å². The van der Waals surface area contributed by atoms with Crippen LogP contribution in [0.2, 0.25) is 0 Å². The highest BCUT2D eigenvalue weighted by atomic mass is 32.3. The Morgan fingerprint density at radius 1 is 1.08 bits per heavy atom. The predicted molar refractivity (Wildman–Crippen MR) is 51.3 cm³/mol. The van der Waals surface area contributed by atoms with Gasteiger partial charge in [-0.15, -0.1) is 0 Å². The average Bonchev–Trinajstić information content (AvgIpc) is 1.80. The molecule has 5 nitrogen and oxygen atoms in total. The molecule has 7 heteroatoms. The first-order valence-electron chi connectivity index (χ1n) is 3.80. The summed E-state index contributed by atoms with van der Waals surface area (Å²) in [5.74, 6) is 0. The molecule has 1 atom stereocenters. The Labute approximate surface area is 79.8 Å². The zero-order valence-electron chi connectivity index (χ0n) is 8.18. The van der Waals surface area contributed by atoms with E-state index in [2.05, 4.69) is 0 Å². The van der Waals surface area contributed by atoms with Crippen LogP contribution in [0, 0.1) is 0 Å². The maximum atomic E-state index is 11.1. The molecule has 0 aromatic rings. The van der Waals surface area contributed by atoms with Crippen molar-refractivity contribution in [1.82, 2.24) is 3.71 Å². The third-order valence-electron chi connectivity index (χ3n) is 1.60. The molecule has 0 heterocycles. The van der Waals surface area contributed by atoms with Crippen molar-refractivity contribution in [3.8, 4) is 0 Å². The number of sulfonamides is 2. The van der Waals surface area contributed by atoms with Crippen LogP contribution in [0.5, 0.6) is 0 Å². The fourth-order valence-corrected chi connectivity index (χ4v) is 4.62. The van der Waals surface area contributed by atoms with E-state index in [0.717, 1.165) is 12.5 Å². The van der Waals surface area contributed by atoms with Gasteiger partial charge in [-0.25, -0.2) is 16.8 Å². The Bertz CT molecular complexity index is 324. The molecule has 0 aromatic carbocycles. The van der Waals surface area contributed by atoms with E-state index in [9.17, 15) is 16.8 Å². The van der Waals surface area contributed by atoms with E-state index in [4.69, 9.17) is 0 Å². The Hall–Kier alpha value is -0.140. The van der Waals surface area contributed by atoms with Crippen molar-refractivity contribution >= 4 is 20.0 Å². The van der Waals surface area contributed by atoms with Gasteiger partial charge < -0.3 is 0 Å². The van der Waals surface area contributed by atoms with Gasteiger partial charge in [-0.1, -0.05) is 10.6 Å². The first kappa shape index (κ1) is 12.9. The van der Waals surface area contributed by atoms with Crippen molar-refractivity contribution in [2.45, 2.75) is 26.3 Å². The van der Waals surface area contributed by atoms with Crippen LogP contribution in [0.1, 0.15) is 20.3 Å². The van der Waals surface area contributed by atoms with Crippen LogP contribution >= 0.6 is 0 Å². The van der Waals surface area contributed by atoms with Gasteiger partial charge in [0.15, 0.2) is 0 Å². The van der Waals surface area contributed by atoms with E-state index in [0.29, 0.717) is 10.1 Å². The van der Waals surface area contributed by atoms with Crippen LogP contribution in [-0.4, -0.2) is 39.1 Å². The van der Waals surface area contributed by atoms with Crippen molar-refractivity contribution in [3.63, 3.8) is 0 Å². The maximum Gasteiger partial charge on any atom is 0.224 e. The standard InChI is InChI=1S/C6H15NO4S2/c1-5-6(2)7(12(3,8)9)13(4,10)11/h6H,5H2,1-4H3. The van der Waals surface area contributed by atoms with Gasteiger partial charge in [-0.3, -0.25) is 0 Å². The molecule has 0 aliphatic rings. The van der Waals surface area contributed by atoms with E-state index < -0.39 is 26.1 Å². The molecule has 0 aromatic heterocycles. The van der Waals surface area contributed by atoms with Gasteiger partial charge in [0.25, 0.3) is 0 Å². The summed E-state index contributed by atoms with van der Waals surface area (Å²) in [6.07, 6.45) is 2.24. The third-order valence-corrected chi connectivity index (χ3v) is 5.26. The van der Waals surface area contributed by atoms with Crippen LogP contribution in [0.4, 0.5) is 0 Å². The zero-order valence-corrected chi connectivity index (χ0v) is 9.81. The molecule has 0 fully saturated rings. The molecule has 0 aliphatic carbocycles. The van der Waals surface area contributed by atoms with Gasteiger partial charge in [0, 0.05) is 6.04 Å². The zero-order chi connectivity index (χ0) is 10.9. The normalized spacial score (nSPS) is 16.1. The molecule has 0 spiro atoms. The lowest BCUT2D eigenvalue weighted by Gasteiger charge is -2.23. The molecule has 0 amide bonds. The highest BCUT2D eigenvalue weighted by Crippen LogP contribution is 2.13. The largest absolute Gasteiger partial charge is 0.224 e. The van der Waals surface area contributed by atoms with Crippen LogP contribution in [-0.2, 0) is 20.0 Å². The SMILES string of the molecule is CCC(C)N(S(C)(=O)=O)S(C)(=O)=O. The number of hydrogen-bond donors (Lipinski definition) is 0. The summed E-state index contributed by atoms with van der Waals surface area (Å²) < 4.78 is 45.0. The second kappa shape index (κ2) is 3.93. The number of nitrogens with zero attached hydrogens (tertiary/aromatic N) is 1. The second-order valence-electron chi connectivity index (χ2n) is 3.01. The van der Waals surface area contributed by atoms with E-state index in [1.807, 2.05) is 0 Å².